The summed E-state index contributed by atoms with van der Waals surface area (Å²) in [6.45, 7) is 8.60. The molecule has 17 heavy (non-hydrogen) atoms. The molecule has 1 aromatic heterocycles. The van der Waals surface area contributed by atoms with E-state index in [0.717, 1.165) is 25.0 Å². The molecule has 0 fully saturated rings. The molecule has 4 nitrogen and oxygen atoms in total. The van der Waals surface area contributed by atoms with E-state index in [4.69, 9.17) is 4.42 Å². The van der Waals surface area contributed by atoms with Crippen LogP contribution in [0.2, 0.25) is 0 Å². The number of carbonyl (C=O) groups is 1. The van der Waals surface area contributed by atoms with Crippen molar-refractivity contribution in [2.24, 2.45) is 5.92 Å². The molecule has 4 heteroatoms. The average Bonchev–Trinajstić information content (AvgIpc) is 2.75. The molecule has 0 radical (unpaired) electrons. The summed E-state index contributed by atoms with van der Waals surface area (Å²) in [5, 5.41) is 0. The third-order valence-corrected chi connectivity index (χ3v) is 2.87. The minimum absolute atomic E-state index is 0.0130. The Morgan fingerprint density at radius 3 is 2.71 bits per heavy atom. The van der Waals surface area contributed by atoms with E-state index in [0.29, 0.717) is 12.6 Å². The fourth-order valence-corrected chi connectivity index (χ4v) is 1.52. The second-order valence-corrected chi connectivity index (χ2v) is 4.42. The fourth-order valence-electron chi connectivity index (χ4n) is 1.52. The lowest BCUT2D eigenvalue weighted by molar-refractivity contribution is -0.122. The van der Waals surface area contributed by atoms with Crippen molar-refractivity contribution in [1.29, 1.82) is 0 Å². The van der Waals surface area contributed by atoms with Gasteiger partial charge in [0.15, 0.2) is 0 Å². The minimum atomic E-state index is 0.0130. The van der Waals surface area contributed by atoms with Crippen LogP contribution >= 0.6 is 0 Å². The Balaban J connectivity index is 2.83. The molecule has 1 atom stereocenters. The van der Waals surface area contributed by atoms with Gasteiger partial charge in [0.1, 0.15) is 6.26 Å². The summed E-state index contributed by atoms with van der Waals surface area (Å²) in [4.78, 5) is 18.1. The molecular weight excluding hydrogens is 216 g/mol. The van der Waals surface area contributed by atoms with Gasteiger partial charge in [-0.2, -0.15) is 4.98 Å². The first-order valence-electron chi connectivity index (χ1n) is 6.33. The van der Waals surface area contributed by atoms with Crippen molar-refractivity contribution in [2.75, 3.05) is 11.4 Å². The lowest BCUT2D eigenvalue weighted by Gasteiger charge is -2.21. The van der Waals surface area contributed by atoms with Crippen molar-refractivity contribution in [3.8, 4) is 0 Å². The van der Waals surface area contributed by atoms with Gasteiger partial charge in [-0.05, 0) is 19.8 Å². The first-order valence-corrected chi connectivity index (χ1v) is 6.33. The molecule has 0 spiro atoms. The van der Waals surface area contributed by atoms with Gasteiger partial charge in [-0.15, -0.1) is 0 Å². The van der Waals surface area contributed by atoms with Crippen LogP contribution in [0.25, 0.3) is 0 Å². The third kappa shape index (κ3) is 3.58. The van der Waals surface area contributed by atoms with Crippen molar-refractivity contribution in [1.82, 2.24) is 4.98 Å². The number of rotatable bonds is 6. The molecule has 0 bridgehead atoms. The van der Waals surface area contributed by atoms with Crippen LogP contribution in [-0.4, -0.2) is 17.4 Å². The van der Waals surface area contributed by atoms with Gasteiger partial charge in [0, 0.05) is 12.5 Å². The number of aryl methyl sites for hydroxylation is 1. The quantitative estimate of drug-likeness (QED) is 0.764. The van der Waals surface area contributed by atoms with E-state index in [9.17, 15) is 4.79 Å². The molecule has 0 aliphatic rings. The molecule has 0 aliphatic heterocycles. The Labute approximate surface area is 103 Å². The van der Waals surface area contributed by atoms with Crippen LogP contribution in [0, 0.1) is 12.8 Å². The van der Waals surface area contributed by atoms with Gasteiger partial charge in [0.25, 0.3) is 0 Å². The van der Waals surface area contributed by atoms with Crippen LogP contribution in [0.4, 0.5) is 6.01 Å². The molecule has 96 valence electrons. The molecule has 1 heterocycles. The second kappa shape index (κ2) is 6.42. The topological polar surface area (TPSA) is 46.3 Å². The molecule has 1 rings (SSSR count). The van der Waals surface area contributed by atoms with E-state index < -0.39 is 0 Å². The summed E-state index contributed by atoms with van der Waals surface area (Å²) in [6.07, 6.45) is 4.42. The number of oxazole rings is 1. The van der Waals surface area contributed by atoms with Crippen molar-refractivity contribution in [3.05, 3.63) is 12.0 Å². The van der Waals surface area contributed by atoms with Gasteiger partial charge in [-0.1, -0.05) is 27.2 Å². The first kappa shape index (κ1) is 13.7. The largest absolute Gasteiger partial charge is 0.431 e. The van der Waals surface area contributed by atoms with Crippen LogP contribution in [0.1, 0.15) is 45.7 Å². The zero-order chi connectivity index (χ0) is 12.8. The Bertz CT molecular complexity index is 360. The third-order valence-electron chi connectivity index (χ3n) is 2.87. The number of carbonyl (C=O) groups excluding carboxylic acids is 1. The highest BCUT2D eigenvalue weighted by Crippen LogP contribution is 2.18. The average molecular weight is 238 g/mol. The lowest BCUT2D eigenvalue weighted by atomic mass is 10.1. The maximum atomic E-state index is 12.2. The number of nitrogens with zero attached hydrogens (tertiary/aromatic N) is 2. The van der Waals surface area contributed by atoms with Gasteiger partial charge in [-0.25, -0.2) is 0 Å². The molecule has 1 amide bonds. The Kier molecular flexibility index (Phi) is 5.19. The van der Waals surface area contributed by atoms with Gasteiger partial charge in [0.2, 0.25) is 5.91 Å². The highest BCUT2D eigenvalue weighted by Gasteiger charge is 2.23. The summed E-state index contributed by atoms with van der Waals surface area (Å²) in [5.74, 6) is 0.113. The normalized spacial score (nSPS) is 12.5. The van der Waals surface area contributed by atoms with E-state index in [2.05, 4.69) is 11.9 Å². The van der Waals surface area contributed by atoms with Gasteiger partial charge in [0.05, 0.1) is 5.69 Å². The van der Waals surface area contributed by atoms with Crippen molar-refractivity contribution >= 4 is 11.9 Å². The Morgan fingerprint density at radius 1 is 1.53 bits per heavy atom. The minimum Gasteiger partial charge on any atom is -0.431 e. The number of aromatic nitrogens is 1. The summed E-state index contributed by atoms with van der Waals surface area (Å²) in [7, 11) is 0. The van der Waals surface area contributed by atoms with Crippen molar-refractivity contribution in [3.63, 3.8) is 0 Å². The van der Waals surface area contributed by atoms with E-state index in [1.165, 1.54) is 0 Å². The smallest absolute Gasteiger partial charge is 0.304 e. The highest BCUT2D eigenvalue weighted by molar-refractivity contribution is 5.92. The van der Waals surface area contributed by atoms with Crippen LogP contribution in [0.5, 0.6) is 0 Å². The molecule has 0 aliphatic carbocycles. The number of hydrogen-bond donors (Lipinski definition) is 0. The predicted octanol–water partition coefficient (Wildman–Crippen LogP) is 3.16. The fraction of sp³-hybridized carbons (Fsp3) is 0.692. The number of hydrogen-bond acceptors (Lipinski definition) is 3. The predicted molar refractivity (Wildman–Crippen MR) is 68.0 cm³/mol. The Morgan fingerprint density at radius 2 is 2.24 bits per heavy atom. The lowest BCUT2D eigenvalue weighted by Crippen LogP contribution is -2.36. The molecule has 0 saturated carbocycles. The van der Waals surface area contributed by atoms with E-state index in [1.807, 2.05) is 20.8 Å². The highest BCUT2D eigenvalue weighted by atomic mass is 16.4. The molecule has 1 aromatic rings. The summed E-state index contributed by atoms with van der Waals surface area (Å²) in [5.41, 5.74) is 0.804. The number of unbranched alkanes of at least 4 members (excludes halogenated alkanes) is 1. The molecule has 0 N–H and O–H groups in total. The summed E-state index contributed by atoms with van der Waals surface area (Å²) < 4.78 is 5.33. The Hall–Kier alpha value is -1.32. The van der Waals surface area contributed by atoms with E-state index in [1.54, 1.807) is 11.2 Å². The standard InChI is InChI=1S/C13H22N2O2/c1-5-7-8-15(12(16)10(3)6-2)13-14-11(4)9-17-13/h9-10H,5-8H2,1-4H3/t10-/m0/s1. The SMILES string of the molecule is CCCCN(C(=O)[C@@H](C)CC)c1nc(C)co1. The van der Waals surface area contributed by atoms with Crippen LogP contribution < -0.4 is 4.90 Å². The first-order chi connectivity index (χ1) is 8.10. The molecular formula is C13H22N2O2. The van der Waals surface area contributed by atoms with Crippen LogP contribution in [0.3, 0.4) is 0 Å². The molecule has 0 aromatic carbocycles. The van der Waals surface area contributed by atoms with Crippen LogP contribution in [0.15, 0.2) is 10.7 Å². The van der Waals surface area contributed by atoms with Crippen molar-refractivity contribution in [2.45, 2.75) is 47.0 Å². The molecule has 0 unspecified atom stereocenters. The number of amides is 1. The zero-order valence-corrected chi connectivity index (χ0v) is 11.2. The van der Waals surface area contributed by atoms with Gasteiger partial charge < -0.3 is 4.42 Å². The van der Waals surface area contributed by atoms with Crippen molar-refractivity contribution < 1.29 is 9.21 Å². The van der Waals surface area contributed by atoms with Gasteiger partial charge in [-0.3, -0.25) is 9.69 Å². The zero-order valence-electron chi connectivity index (χ0n) is 11.2. The second-order valence-electron chi connectivity index (χ2n) is 4.42. The maximum absolute atomic E-state index is 12.2. The molecule has 0 saturated heterocycles. The van der Waals surface area contributed by atoms with E-state index in [-0.39, 0.29) is 11.8 Å². The van der Waals surface area contributed by atoms with Crippen LogP contribution in [-0.2, 0) is 4.79 Å². The maximum Gasteiger partial charge on any atom is 0.304 e. The number of anilines is 1. The van der Waals surface area contributed by atoms with E-state index >= 15 is 0 Å². The monoisotopic (exact) mass is 238 g/mol. The van der Waals surface area contributed by atoms with Gasteiger partial charge >= 0.3 is 6.01 Å². The summed E-state index contributed by atoms with van der Waals surface area (Å²) >= 11 is 0. The summed E-state index contributed by atoms with van der Waals surface area (Å²) in [6, 6.07) is 0.432.